The van der Waals surface area contributed by atoms with Gasteiger partial charge in [0.25, 0.3) is 0 Å². The van der Waals surface area contributed by atoms with E-state index < -0.39 is 0 Å². The Morgan fingerprint density at radius 2 is 1.33 bits per heavy atom. The summed E-state index contributed by atoms with van der Waals surface area (Å²) in [4.78, 5) is 0. The Labute approximate surface area is 116 Å². The molecule has 0 fully saturated rings. The zero-order valence-electron chi connectivity index (χ0n) is 13.4. The molecule has 110 valence electrons. The molecule has 1 nitrogen and oxygen atoms in total. The summed E-state index contributed by atoms with van der Waals surface area (Å²) >= 11 is 0. The van der Waals surface area contributed by atoms with Gasteiger partial charge in [0, 0.05) is 6.04 Å². The van der Waals surface area contributed by atoms with Gasteiger partial charge in [-0.15, -0.1) is 0 Å². The maximum Gasteiger partial charge on any atom is 0.00387 e. The van der Waals surface area contributed by atoms with Crippen LogP contribution in [0.2, 0.25) is 0 Å². The molecule has 0 saturated heterocycles. The van der Waals surface area contributed by atoms with Gasteiger partial charge in [-0.1, -0.05) is 72.1 Å². The molecule has 1 heteroatoms. The van der Waals surface area contributed by atoms with Gasteiger partial charge < -0.3 is 5.32 Å². The predicted molar refractivity (Wildman–Crippen MR) is 84.1 cm³/mol. The van der Waals surface area contributed by atoms with Crippen LogP contribution in [0.3, 0.4) is 0 Å². The summed E-state index contributed by atoms with van der Waals surface area (Å²) < 4.78 is 0. The topological polar surface area (TPSA) is 12.0 Å². The number of rotatable bonds is 13. The summed E-state index contributed by atoms with van der Waals surface area (Å²) in [6.45, 7) is 10.5. The van der Waals surface area contributed by atoms with E-state index in [0.717, 1.165) is 5.92 Å². The van der Waals surface area contributed by atoms with Gasteiger partial charge in [0.15, 0.2) is 0 Å². The van der Waals surface area contributed by atoms with Gasteiger partial charge in [0.2, 0.25) is 0 Å². The van der Waals surface area contributed by atoms with Crippen LogP contribution < -0.4 is 5.32 Å². The molecule has 0 aliphatic carbocycles. The van der Waals surface area contributed by atoms with E-state index in [1.807, 2.05) is 0 Å². The molecule has 1 unspecified atom stereocenters. The van der Waals surface area contributed by atoms with Gasteiger partial charge in [-0.05, 0) is 32.2 Å². The molecule has 1 N–H and O–H groups in total. The van der Waals surface area contributed by atoms with E-state index in [2.05, 4.69) is 33.0 Å². The van der Waals surface area contributed by atoms with Crippen molar-refractivity contribution in [2.24, 2.45) is 5.92 Å². The first kappa shape index (κ1) is 18.0. The number of hydrogen-bond acceptors (Lipinski definition) is 1. The van der Waals surface area contributed by atoms with Crippen molar-refractivity contribution in [3.63, 3.8) is 0 Å². The summed E-state index contributed by atoms with van der Waals surface area (Å²) in [6, 6.07) is 0.712. The summed E-state index contributed by atoms with van der Waals surface area (Å²) in [6.07, 6.45) is 14.0. The van der Waals surface area contributed by atoms with Crippen molar-refractivity contribution in [2.75, 3.05) is 6.54 Å². The lowest BCUT2D eigenvalue weighted by Crippen LogP contribution is -2.26. The van der Waals surface area contributed by atoms with Gasteiger partial charge >= 0.3 is 0 Å². The van der Waals surface area contributed by atoms with Gasteiger partial charge in [-0.3, -0.25) is 0 Å². The molecule has 0 bridgehead atoms. The highest BCUT2D eigenvalue weighted by atomic mass is 14.9. The molecule has 0 aromatic heterocycles. The molecule has 0 rings (SSSR count). The Kier molecular flexibility index (Phi) is 13.4. The van der Waals surface area contributed by atoms with E-state index >= 15 is 0 Å². The normalized spacial score (nSPS) is 13.2. The zero-order chi connectivity index (χ0) is 13.6. The maximum atomic E-state index is 3.66. The minimum atomic E-state index is 0.712. The van der Waals surface area contributed by atoms with Crippen molar-refractivity contribution < 1.29 is 0 Å². The number of unbranched alkanes of at least 4 members (excludes halogenated alkanes) is 6. The second-order valence-corrected chi connectivity index (χ2v) is 6.30. The summed E-state index contributed by atoms with van der Waals surface area (Å²) in [7, 11) is 0. The van der Waals surface area contributed by atoms with Crippen LogP contribution in [0.25, 0.3) is 0 Å². The monoisotopic (exact) mass is 255 g/mol. The van der Waals surface area contributed by atoms with Crippen LogP contribution in [-0.2, 0) is 0 Å². The fourth-order valence-corrected chi connectivity index (χ4v) is 2.36. The second kappa shape index (κ2) is 13.4. The van der Waals surface area contributed by atoms with Crippen LogP contribution >= 0.6 is 0 Å². The lowest BCUT2D eigenvalue weighted by atomic mass is 10.0. The minimum absolute atomic E-state index is 0.712. The van der Waals surface area contributed by atoms with Crippen LogP contribution in [0.15, 0.2) is 0 Å². The highest BCUT2D eigenvalue weighted by Gasteiger charge is 2.01. The molecular weight excluding hydrogens is 218 g/mol. The zero-order valence-corrected chi connectivity index (χ0v) is 13.4. The third kappa shape index (κ3) is 14.0. The molecule has 0 heterocycles. The standard InChI is InChI=1S/C17H37N/c1-5-6-7-8-9-10-11-15-18-17(4)14-12-13-16(2)3/h16-18H,5-15H2,1-4H3. The fraction of sp³-hybridized carbons (Fsp3) is 1.00. The molecule has 0 aliphatic heterocycles. The Morgan fingerprint density at radius 1 is 0.722 bits per heavy atom. The first-order valence-corrected chi connectivity index (χ1v) is 8.40. The van der Waals surface area contributed by atoms with Crippen LogP contribution in [0, 0.1) is 5.92 Å². The largest absolute Gasteiger partial charge is 0.314 e. The van der Waals surface area contributed by atoms with Crippen molar-refractivity contribution in [1.29, 1.82) is 0 Å². The molecule has 1 atom stereocenters. The van der Waals surface area contributed by atoms with Crippen LogP contribution in [0.1, 0.15) is 91.9 Å². The molecule has 0 aromatic carbocycles. The quantitative estimate of drug-likeness (QED) is 0.426. The van der Waals surface area contributed by atoms with Crippen molar-refractivity contribution in [3.05, 3.63) is 0 Å². The van der Waals surface area contributed by atoms with E-state index in [1.165, 1.54) is 70.8 Å². The first-order valence-electron chi connectivity index (χ1n) is 8.40. The molecule has 0 spiro atoms. The Bertz CT molecular complexity index is 154. The average molecular weight is 255 g/mol. The number of nitrogens with one attached hydrogen (secondary N) is 1. The fourth-order valence-electron chi connectivity index (χ4n) is 2.36. The highest BCUT2D eigenvalue weighted by molar-refractivity contribution is 4.61. The van der Waals surface area contributed by atoms with Crippen LogP contribution in [0.4, 0.5) is 0 Å². The lowest BCUT2D eigenvalue weighted by Gasteiger charge is -2.14. The molecular formula is C17H37N. The van der Waals surface area contributed by atoms with E-state index in [1.54, 1.807) is 0 Å². The van der Waals surface area contributed by atoms with Gasteiger partial charge in [0.05, 0.1) is 0 Å². The van der Waals surface area contributed by atoms with Gasteiger partial charge in [-0.25, -0.2) is 0 Å². The second-order valence-electron chi connectivity index (χ2n) is 6.30. The summed E-state index contributed by atoms with van der Waals surface area (Å²) in [5.41, 5.74) is 0. The van der Waals surface area contributed by atoms with E-state index in [4.69, 9.17) is 0 Å². The van der Waals surface area contributed by atoms with Gasteiger partial charge in [-0.2, -0.15) is 0 Å². The Balaban J connectivity index is 3.12. The van der Waals surface area contributed by atoms with E-state index in [9.17, 15) is 0 Å². The predicted octanol–water partition coefficient (Wildman–Crippen LogP) is 5.54. The van der Waals surface area contributed by atoms with Crippen molar-refractivity contribution in [2.45, 2.75) is 97.9 Å². The molecule has 0 radical (unpaired) electrons. The van der Waals surface area contributed by atoms with Crippen LogP contribution in [0.5, 0.6) is 0 Å². The third-order valence-corrected chi connectivity index (χ3v) is 3.69. The van der Waals surface area contributed by atoms with Crippen LogP contribution in [-0.4, -0.2) is 12.6 Å². The van der Waals surface area contributed by atoms with Crippen molar-refractivity contribution in [1.82, 2.24) is 5.32 Å². The Hall–Kier alpha value is -0.0400. The average Bonchev–Trinajstić information content (AvgIpc) is 2.32. The summed E-state index contributed by atoms with van der Waals surface area (Å²) in [5.74, 6) is 0.861. The maximum absolute atomic E-state index is 3.66. The molecule has 18 heavy (non-hydrogen) atoms. The molecule has 0 aromatic rings. The molecule has 0 aliphatic rings. The SMILES string of the molecule is CCCCCCCCCNC(C)CCCC(C)C. The van der Waals surface area contributed by atoms with Crippen molar-refractivity contribution >= 4 is 0 Å². The minimum Gasteiger partial charge on any atom is -0.314 e. The Morgan fingerprint density at radius 3 is 1.94 bits per heavy atom. The van der Waals surface area contributed by atoms with Gasteiger partial charge in [0.1, 0.15) is 0 Å². The number of hydrogen-bond donors (Lipinski definition) is 1. The molecule has 0 saturated carbocycles. The lowest BCUT2D eigenvalue weighted by molar-refractivity contribution is 0.449. The van der Waals surface area contributed by atoms with E-state index in [0.29, 0.717) is 6.04 Å². The third-order valence-electron chi connectivity index (χ3n) is 3.69. The van der Waals surface area contributed by atoms with Crippen molar-refractivity contribution in [3.8, 4) is 0 Å². The summed E-state index contributed by atoms with van der Waals surface area (Å²) in [5, 5.41) is 3.66. The van der Waals surface area contributed by atoms with E-state index in [-0.39, 0.29) is 0 Å². The highest BCUT2D eigenvalue weighted by Crippen LogP contribution is 2.09. The first-order chi connectivity index (χ1) is 8.66. The molecule has 0 amide bonds. The smallest absolute Gasteiger partial charge is 0.00387 e.